The third-order valence-corrected chi connectivity index (χ3v) is 2.31. The molecule has 1 nitrogen and oxygen atoms in total. The maximum absolute atomic E-state index is 3.15. The molecular weight excluding hydrogens is 158 g/mol. The number of hydrogen-bond donors (Lipinski definition) is 1. The third kappa shape index (κ3) is 9.62. The number of hydrogen-bond acceptors (Lipinski definition) is 1. The average Bonchev–Trinajstić information content (AvgIpc) is 2.13. The van der Waals surface area contributed by atoms with E-state index in [1.54, 1.807) is 5.57 Å². The maximum atomic E-state index is 3.15. The molecule has 0 atom stereocenters. The first-order valence-electron chi connectivity index (χ1n) is 5.61. The Balaban J connectivity index is 3.27. The zero-order valence-electron chi connectivity index (χ0n) is 9.53. The number of unbranched alkanes of at least 4 members (excludes halogenated alkanes) is 3. The Morgan fingerprint density at radius 2 is 2.00 bits per heavy atom. The van der Waals surface area contributed by atoms with Crippen molar-refractivity contribution >= 4 is 0 Å². The van der Waals surface area contributed by atoms with E-state index in [1.807, 2.05) is 7.05 Å². The van der Waals surface area contributed by atoms with E-state index in [1.165, 1.54) is 38.5 Å². The van der Waals surface area contributed by atoms with Crippen molar-refractivity contribution in [2.75, 3.05) is 13.6 Å². The molecule has 1 N–H and O–H groups in total. The lowest BCUT2D eigenvalue weighted by molar-refractivity contribution is 0.662. The van der Waals surface area contributed by atoms with Crippen molar-refractivity contribution in [1.82, 2.24) is 5.32 Å². The van der Waals surface area contributed by atoms with Crippen LogP contribution < -0.4 is 5.32 Å². The molecule has 0 amide bonds. The molecule has 13 heavy (non-hydrogen) atoms. The van der Waals surface area contributed by atoms with Gasteiger partial charge in [0.2, 0.25) is 0 Å². The van der Waals surface area contributed by atoms with Gasteiger partial charge in [-0.25, -0.2) is 0 Å². The first-order valence-corrected chi connectivity index (χ1v) is 5.61. The highest BCUT2D eigenvalue weighted by molar-refractivity contribution is 4.97. The van der Waals surface area contributed by atoms with Gasteiger partial charge in [-0.2, -0.15) is 0 Å². The summed E-state index contributed by atoms with van der Waals surface area (Å²) in [4.78, 5) is 0. The van der Waals surface area contributed by atoms with Crippen LogP contribution in [0.2, 0.25) is 0 Å². The highest BCUT2D eigenvalue weighted by Crippen LogP contribution is 2.09. The normalized spacial score (nSPS) is 12.1. The molecule has 0 bridgehead atoms. The lowest BCUT2D eigenvalue weighted by Crippen LogP contribution is -2.06. The summed E-state index contributed by atoms with van der Waals surface area (Å²) in [6, 6.07) is 0. The van der Waals surface area contributed by atoms with Gasteiger partial charge in [0.15, 0.2) is 0 Å². The zero-order chi connectivity index (χ0) is 9.94. The molecule has 0 saturated carbocycles. The molecule has 0 aromatic heterocycles. The summed E-state index contributed by atoms with van der Waals surface area (Å²) in [6.07, 6.45) is 10.3. The van der Waals surface area contributed by atoms with Gasteiger partial charge in [0.1, 0.15) is 0 Å². The van der Waals surface area contributed by atoms with E-state index in [4.69, 9.17) is 0 Å². The zero-order valence-corrected chi connectivity index (χ0v) is 9.53. The van der Waals surface area contributed by atoms with Crippen LogP contribution in [-0.2, 0) is 0 Å². The monoisotopic (exact) mass is 183 g/mol. The van der Waals surface area contributed by atoms with Gasteiger partial charge in [0.25, 0.3) is 0 Å². The quantitative estimate of drug-likeness (QED) is 0.448. The van der Waals surface area contributed by atoms with Gasteiger partial charge in [-0.1, -0.05) is 37.8 Å². The SMILES string of the molecule is CCCCCCC(C)=CCCNC. The number of rotatable bonds is 8. The molecule has 0 saturated heterocycles. The van der Waals surface area contributed by atoms with Gasteiger partial charge in [-0.3, -0.25) is 0 Å². The van der Waals surface area contributed by atoms with Crippen LogP contribution in [0.15, 0.2) is 11.6 Å². The molecule has 0 aliphatic heterocycles. The number of allylic oxidation sites excluding steroid dienone is 1. The van der Waals surface area contributed by atoms with Crippen LogP contribution >= 0.6 is 0 Å². The van der Waals surface area contributed by atoms with E-state index in [-0.39, 0.29) is 0 Å². The Bertz CT molecular complexity index is 127. The van der Waals surface area contributed by atoms with Gasteiger partial charge in [0, 0.05) is 0 Å². The van der Waals surface area contributed by atoms with Crippen LogP contribution in [0.1, 0.15) is 52.4 Å². The first-order chi connectivity index (χ1) is 6.31. The van der Waals surface area contributed by atoms with E-state index in [9.17, 15) is 0 Å². The predicted molar refractivity (Wildman–Crippen MR) is 61.1 cm³/mol. The standard InChI is InChI=1S/C12H25N/c1-4-5-6-7-9-12(2)10-8-11-13-3/h10,13H,4-9,11H2,1-3H3. The summed E-state index contributed by atoms with van der Waals surface area (Å²) in [7, 11) is 2.00. The van der Waals surface area contributed by atoms with Crippen LogP contribution in [0, 0.1) is 0 Å². The molecule has 0 aliphatic carbocycles. The molecule has 0 heterocycles. The maximum Gasteiger partial charge on any atom is -0.00172 e. The highest BCUT2D eigenvalue weighted by Gasteiger charge is 1.90. The lowest BCUT2D eigenvalue weighted by Gasteiger charge is -2.01. The van der Waals surface area contributed by atoms with Crippen molar-refractivity contribution in [3.05, 3.63) is 11.6 Å². The van der Waals surface area contributed by atoms with Crippen LogP contribution in [0.4, 0.5) is 0 Å². The summed E-state index contributed by atoms with van der Waals surface area (Å²) >= 11 is 0. The van der Waals surface area contributed by atoms with Gasteiger partial charge >= 0.3 is 0 Å². The molecule has 78 valence electrons. The topological polar surface area (TPSA) is 12.0 Å². The van der Waals surface area contributed by atoms with Crippen LogP contribution in [0.5, 0.6) is 0 Å². The molecule has 1 heteroatoms. The van der Waals surface area contributed by atoms with E-state index in [2.05, 4.69) is 25.2 Å². The second-order valence-electron chi connectivity index (χ2n) is 3.75. The Morgan fingerprint density at radius 3 is 2.62 bits per heavy atom. The molecule has 0 radical (unpaired) electrons. The van der Waals surface area contributed by atoms with Crippen LogP contribution in [0.3, 0.4) is 0 Å². The molecule has 0 aromatic carbocycles. The van der Waals surface area contributed by atoms with Crippen LogP contribution in [-0.4, -0.2) is 13.6 Å². The largest absolute Gasteiger partial charge is 0.319 e. The third-order valence-electron chi connectivity index (χ3n) is 2.31. The Labute approximate surface area is 83.6 Å². The summed E-state index contributed by atoms with van der Waals surface area (Å²) in [5.41, 5.74) is 1.56. The fraction of sp³-hybridized carbons (Fsp3) is 0.833. The first kappa shape index (κ1) is 12.7. The Morgan fingerprint density at radius 1 is 1.23 bits per heavy atom. The van der Waals surface area contributed by atoms with Crippen molar-refractivity contribution in [2.24, 2.45) is 0 Å². The molecule has 0 aromatic rings. The van der Waals surface area contributed by atoms with E-state index < -0.39 is 0 Å². The molecule has 0 fully saturated rings. The molecule has 0 rings (SSSR count). The van der Waals surface area contributed by atoms with E-state index in [0.29, 0.717) is 0 Å². The number of nitrogens with one attached hydrogen (secondary N) is 1. The lowest BCUT2D eigenvalue weighted by atomic mass is 10.1. The van der Waals surface area contributed by atoms with E-state index >= 15 is 0 Å². The average molecular weight is 183 g/mol. The van der Waals surface area contributed by atoms with Crippen molar-refractivity contribution in [3.8, 4) is 0 Å². The summed E-state index contributed by atoms with van der Waals surface area (Å²) in [5, 5.41) is 3.15. The van der Waals surface area contributed by atoms with Crippen molar-refractivity contribution in [3.63, 3.8) is 0 Å². The minimum atomic E-state index is 1.10. The van der Waals surface area contributed by atoms with E-state index in [0.717, 1.165) is 6.54 Å². The molecule has 0 spiro atoms. The molecule has 0 unspecified atom stereocenters. The van der Waals surface area contributed by atoms with Gasteiger partial charge in [-0.05, 0) is 39.8 Å². The highest BCUT2D eigenvalue weighted by atomic mass is 14.8. The fourth-order valence-corrected chi connectivity index (χ4v) is 1.40. The second kappa shape index (κ2) is 9.79. The molecule has 0 aliphatic rings. The van der Waals surface area contributed by atoms with Crippen LogP contribution in [0.25, 0.3) is 0 Å². The Kier molecular flexibility index (Phi) is 9.56. The summed E-state index contributed by atoms with van der Waals surface area (Å²) < 4.78 is 0. The minimum Gasteiger partial charge on any atom is -0.319 e. The van der Waals surface area contributed by atoms with Gasteiger partial charge in [0.05, 0.1) is 0 Å². The molecular formula is C12H25N. The predicted octanol–water partition coefficient (Wildman–Crippen LogP) is 3.51. The van der Waals surface area contributed by atoms with Crippen molar-refractivity contribution in [2.45, 2.75) is 52.4 Å². The van der Waals surface area contributed by atoms with Gasteiger partial charge < -0.3 is 5.32 Å². The smallest absolute Gasteiger partial charge is 0.00172 e. The second-order valence-corrected chi connectivity index (χ2v) is 3.75. The Hall–Kier alpha value is -0.300. The van der Waals surface area contributed by atoms with Crippen molar-refractivity contribution < 1.29 is 0 Å². The van der Waals surface area contributed by atoms with Crippen molar-refractivity contribution in [1.29, 1.82) is 0 Å². The van der Waals surface area contributed by atoms with Gasteiger partial charge in [-0.15, -0.1) is 0 Å². The fourth-order valence-electron chi connectivity index (χ4n) is 1.40. The summed E-state index contributed by atoms with van der Waals surface area (Å²) in [5.74, 6) is 0. The minimum absolute atomic E-state index is 1.10. The summed E-state index contributed by atoms with van der Waals surface area (Å²) in [6.45, 7) is 5.61.